The third-order valence-electron chi connectivity index (χ3n) is 2.95. The number of hydrogen-bond donors (Lipinski definition) is 0. The van der Waals surface area contributed by atoms with E-state index in [0.29, 0.717) is 11.3 Å². The Morgan fingerprint density at radius 3 is 2.38 bits per heavy atom. The smallest absolute Gasteiger partial charge is 0.109 e. The summed E-state index contributed by atoms with van der Waals surface area (Å²) in [6.07, 6.45) is 10.3. The minimum atomic E-state index is -1.00. The van der Waals surface area contributed by atoms with Gasteiger partial charge in [-0.2, -0.15) is 11.2 Å². The summed E-state index contributed by atoms with van der Waals surface area (Å²) in [7, 11) is -1.00. The minimum absolute atomic E-state index is 0.644. The minimum Gasteiger partial charge on any atom is -0.293 e. The van der Waals surface area contributed by atoms with Gasteiger partial charge in [0.1, 0.15) is 7.22 Å². The molecule has 0 aliphatic heterocycles. The predicted octanol–water partition coefficient (Wildman–Crippen LogP) is 4.74. The van der Waals surface area contributed by atoms with E-state index in [2.05, 4.69) is 44.0 Å². The molecule has 1 aliphatic rings. The van der Waals surface area contributed by atoms with Crippen LogP contribution < -0.4 is 0 Å². The van der Waals surface area contributed by atoms with Gasteiger partial charge < -0.3 is 0 Å². The maximum atomic E-state index is 4.81. The molecule has 1 saturated carbocycles. The van der Waals surface area contributed by atoms with Crippen molar-refractivity contribution in [1.82, 2.24) is 0 Å². The molecule has 0 aromatic carbocycles. The fraction of sp³-hybridized carbons (Fsp3) is 0.923. The number of nitrogens with zero attached hydrogens (tertiary/aromatic N) is 1. The van der Waals surface area contributed by atoms with Crippen molar-refractivity contribution < 1.29 is 0 Å². The summed E-state index contributed by atoms with van der Waals surface area (Å²) >= 11 is 2.18. The van der Waals surface area contributed by atoms with Crippen LogP contribution in [0, 0.1) is 0 Å². The van der Waals surface area contributed by atoms with Crippen molar-refractivity contribution in [1.29, 1.82) is 0 Å². The van der Waals surface area contributed by atoms with Crippen LogP contribution in [0.2, 0.25) is 19.6 Å². The van der Waals surface area contributed by atoms with Crippen LogP contribution in [0.5, 0.6) is 0 Å². The Balaban J connectivity index is 2.39. The molecule has 0 bridgehead atoms. The Kier molecular flexibility index (Phi) is 6.12. The lowest BCUT2D eigenvalue weighted by molar-refractivity contribution is 0.444. The van der Waals surface area contributed by atoms with Crippen molar-refractivity contribution in [2.45, 2.75) is 76.4 Å². The third kappa shape index (κ3) is 6.09. The van der Waals surface area contributed by atoms with E-state index in [9.17, 15) is 0 Å². The molecule has 1 unspecified atom stereocenters. The second-order valence-electron chi connectivity index (χ2n) is 5.77. The molecule has 0 aromatic rings. The second kappa shape index (κ2) is 6.85. The Morgan fingerprint density at radius 1 is 1.25 bits per heavy atom. The topological polar surface area (TPSA) is 12.4 Å². The van der Waals surface area contributed by atoms with E-state index in [-0.39, 0.29) is 0 Å². The van der Waals surface area contributed by atoms with Crippen LogP contribution in [-0.4, -0.2) is 24.7 Å². The quantitative estimate of drug-likeness (QED) is 0.512. The molecule has 94 valence electrons. The van der Waals surface area contributed by atoms with Gasteiger partial charge in [0, 0.05) is 17.5 Å². The van der Waals surface area contributed by atoms with Gasteiger partial charge in [0.2, 0.25) is 0 Å². The Labute approximate surface area is 106 Å². The lowest BCUT2D eigenvalue weighted by atomic mass is 9.96. The average Bonchev–Trinajstić information content (AvgIpc) is 2.24. The molecule has 0 amide bonds. The second-order valence-corrected chi connectivity index (χ2v) is 15.2. The van der Waals surface area contributed by atoms with Gasteiger partial charge in [-0.1, -0.05) is 45.8 Å². The van der Waals surface area contributed by atoms with Crippen molar-refractivity contribution in [2.24, 2.45) is 4.99 Å². The highest BCUT2D eigenvalue weighted by molar-refractivity contribution is 8.29. The SMILES string of the molecule is CCC(C=NC1CCCCC1)S[Si](C)(C)C. The first-order valence-electron chi connectivity index (χ1n) is 6.72. The fourth-order valence-electron chi connectivity index (χ4n) is 2.12. The molecule has 0 aromatic heterocycles. The molecule has 1 fully saturated rings. The molecule has 3 heteroatoms. The fourth-order valence-corrected chi connectivity index (χ4v) is 6.73. The zero-order chi connectivity index (χ0) is 12.0. The summed E-state index contributed by atoms with van der Waals surface area (Å²) in [6, 6.07) is 0.644. The Hall–Kier alpha value is 0.237. The van der Waals surface area contributed by atoms with E-state index in [1.165, 1.54) is 38.5 Å². The normalized spacial score (nSPS) is 21.5. The monoisotopic (exact) mass is 257 g/mol. The first-order valence-corrected chi connectivity index (χ1v) is 11.8. The standard InChI is InChI=1S/C13H27NSSi/c1-5-13(15-16(2,3)4)11-14-12-9-7-6-8-10-12/h11-13H,5-10H2,1-4H3. The van der Waals surface area contributed by atoms with Crippen LogP contribution in [0.15, 0.2) is 4.99 Å². The molecule has 0 heterocycles. The maximum absolute atomic E-state index is 4.81. The van der Waals surface area contributed by atoms with Gasteiger partial charge in [-0.15, -0.1) is 0 Å². The summed E-state index contributed by atoms with van der Waals surface area (Å²) in [5.74, 6) is 0. The summed E-state index contributed by atoms with van der Waals surface area (Å²) in [6.45, 7) is 9.56. The highest BCUT2D eigenvalue weighted by Crippen LogP contribution is 2.26. The first kappa shape index (κ1) is 14.3. The first-order chi connectivity index (χ1) is 7.51. The number of rotatable bonds is 5. The van der Waals surface area contributed by atoms with Gasteiger partial charge in [0.15, 0.2) is 0 Å². The van der Waals surface area contributed by atoms with Gasteiger partial charge in [-0.05, 0) is 19.3 Å². The van der Waals surface area contributed by atoms with Gasteiger partial charge in [-0.3, -0.25) is 4.99 Å². The molecular weight excluding hydrogens is 230 g/mol. The maximum Gasteiger partial charge on any atom is 0.109 e. The molecule has 16 heavy (non-hydrogen) atoms. The third-order valence-corrected chi connectivity index (χ3v) is 7.44. The highest BCUT2D eigenvalue weighted by atomic mass is 32.4. The van der Waals surface area contributed by atoms with Crippen LogP contribution in [0.4, 0.5) is 0 Å². The summed E-state index contributed by atoms with van der Waals surface area (Å²) in [5.41, 5.74) is 0. The van der Waals surface area contributed by atoms with Gasteiger partial charge in [-0.25, -0.2) is 0 Å². The van der Waals surface area contributed by atoms with E-state index in [1.807, 2.05) is 0 Å². The van der Waals surface area contributed by atoms with Crippen LogP contribution >= 0.6 is 11.2 Å². The highest BCUT2D eigenvalue weighted by Gasteiger charge is 2.19. The largest absolute Gasteiger partial charge is 0.293 e. The van der Waals surface area contributed by atoms with Crippen molar-refractivity contribution in [3.63, 3.8) is 0 Å². The lowest BCUT2D eigenvalue weighted by Gasteiger charge is -2.22. The van der Waals surface area contributed by atoms with E-state index < -0.39 is 7.22 Å². The van der Waals surface area contributed by atoms with Crippen LogP contribution in [0.1, 0.15) is 45.4 Å². The van der Waals surface area contributed by atoms with Gasteiger partial charge in [0.25, 0.3) is 0 Å². The van der Waals surface area contributed by atoms with Gasteiger partial charge in [0.05, 0.1) is 0 Å². The van der Waals surface area contributed by atoms with Crippen LogP contribution in [0.3, 0.4) is 0 Å². The zero-order valence-electron chi connectivity index (χ0n) is 11.3. The summed E-state index contributed by atoms with van der Waals surface area (Å²) in [5, 5.41) is 0.661. The lowest BCUT2D eigenvalue weighted by Crippen LogP contribution is -2.21. The van der Waals surface area contributed by atoms with E-state index >= 15 is 0 Å². The molecule has 0 radical (unpaired) electrons. The zero-order valence-corrected chi connectivity index (χ0v) is 13.1. The van der Waals surface area contributed by atoms with Crippen LogP contribution in [0.25, 0.3) is 0 Å². The Bertz CT molecular complexity index is 216. The van der Waals surface area contributed by atoms with E-state index in [0.717, 1.165) is 0 Å². The predicted molar refractivity (Wildman–Crippen MR) is 80.4 cm³/mol. The van der Waals surface area contributed by atoms with Crippen molar-refractivity contribution in [2.75, 3.05) is 0 Å². The van der Waals surface area contributed by atoms with E-state index in [4.69, 9.17) is 4.99 Å². The summed E-state index contributed by atoms with van der Waals surface area (Å²) in [4.78, 5) is 4.81. The van der Waals surface area contributed by atoms with E-state index in [1.54, 1.807) is 0 Å². The van der Waals surface area contributed by atoms with Crippen molar-refractivity contribution >= 4 is 24.6 Å². The molecule has 1 atom stereocenters. The molecular formula is C13H27NSSi. The molecule has 1 aliphatic carbocycles. The molecule has 1 rings (SSSR count). The van der Waals surface area contributed by atoms with Crippen LogP contribution in [-0.2, 0) is 0 Å². The van der Waals surface area contributed by atoms with Crippen molar-refractivity contribution in [3.8, 4) is 0 Å². The average molecular weight is 258 g/mol. The van der Waals surface area contributed by atoms with Crippen molar-refractivity contribution in [3.05, 3.63) is 0 Å². The molecule has 1 nitrogen and oxygen atoms in total. The summed E-state index contributed by atoms with van der Waals surface area (Å²) < 4.78 is 0. The number of hydrogen-bond acceptors (Lipinski definition) is 2. The molecule has 0 N–H and O–H groups in total. The Morgan fingerprint density at radius 2 is 1.88 bits per heavy atom. The van der Waals surface area contributed by atoms with Gasteiger partial charge >= 0.3 is 0 Å². The molecule has 0 saturated heterocycles. The number of aliphatic imine (C=N–C) groups is 1. The molecule has 0 spiro atoms.